The number of amides is 1. The minimum Gasteiger partial charge on any atom is -0.444 e. The summed E-state index contributed by atoms with van der Waals surface area (Å²) in [6.45, 7) is 11.4. The van der Waals surface area contributed by atoms with Gasteiger partial charge in [0.2, 0.25) is 0 Å². The first-order valence-electron chi connectivity index (χ1n) is 8.46. The van der Waals surface area contributed by atoms with Crippen molar-refractivity contribution in [3.05, 3.63) is 39.2 Å². The predicted molar refractivity (Wildman–Crippen MR) is 104 cm³/mol. The molecule has 0 N–H and O–H groups in total. The Morgan fingerprint density at radius 2 is 2.04 bits per heavy atom. The normalized spacial score (nSPS) is 17.2. The second-order valence-electron chi connectivity index (χ2n) is 7.43. The molecule has 0 aliphatic carbocycles. The molecule has 0 saturated carbocycles. The fourth-order valence-corrected chi connectivity index (χ4v) is 3.43. The molecule has 0 bridgehead atoms. The zero-order chi connectivity index (χ0) is 20.4. The Bertz CT molecular complexity index is 791. The van der Waals surface area contributed by atoms with Crippen molar-refractivity contribution in [1.29, 1.82) is 5.26 Å². The van der Waals surface area contributed by atoms with Gasteiger partial charge in [-0.05, 0) is 49.3 Å². The molecule has 1 unspecified atom stereocenters. The Labute approximate surface area is 185 Å². The fraction of sp³-hybridized carbons (Fsp3) is 0.500. The van der Waals surface area contributed by atoms with E-state index in [-0.39, 0.29) is 35.7 Å². The number of hydrogen-bond donors (Lipinski definition) is 0. The second kappa shape index (κ2) is 9.63. The van der Waals surface area contributed by atoms with Gasteiger partial charge in [0.1, 0.15) is 17.2 Å². The van der Waals surface area contributed by atoms with E-state index in [1.165, 1.54) is 12.1 Å². The number of nitriles is 1. The molecule has 0 spiro atoms. The average molecular weight is 489 g/mol. The van der Waals surface area contributed by atoms with Crippen LogP contribution in [0.2, 0.25) is 0 Å². The Kier molecular flexibility index (Phi) is 8.36. The number of carbonyl (C=O) groups excluding carboxylic acids is 1. The summed E-state index contributed by atoms with van der Waals surface area (Å²) in [5.41, 5.74) is -0.170. The van der Waals surface area contributed by atoms with Gasteiger partial charge in [-0.1, -0.05) is 0 Å². The van der Waals surface area contributed by atoms with Crippen LogP contribution in [0.15, 0.2) is 16.6 Å². The van der Waals surface area contributed by atoms with E-state index in [1.54, 1.807) is 4.90 Å². The van der Waals surface area contributed by atoms with E-state index in [9.17, 15) is 20.2 Å². The standard InChI is InChI=1S/C18H22BrN4O4.V/c1-12-10-21(5-6-22(11-12)17(24)27-18(2,3)4)16-7-13(9-20)15(23(25)26)8-14(16)19;/h7-8,12H,1,5-6,10-11H2,2-4H3;/q-1;. The van der Waals surface area contributed by atoms with Gasteiger partial charge in [-0.25, -0.2) is 4.79 Å². The van der Waals surface area contributed by atoms with Crippen molar-refractivity contribution in [2.24, 2.45) is 5.92 Å². The number of rotatable bonds is 2. The molecule has 1 aliphatic rings. The van der Waals surface area contributed by atoms with E-state index in [4.69, 9.17) is 4.74 Å². The number of anilines is 1. The van der Waals surface area contributed by atoms with Crippen LogP contribution < -0.4 is 4.90 Å². The maximum Gasteiger partial charge on any atom is 0.410 e. The van der Waals surface area contributed by atoms with Gasteiger partial charge < -0.3 is 21.5 Å². The van der Waals surface area contributed by atoms with Gasteiger partial charge in [0.05, 0.1) is 10.6 Å². The largest absolute Gasteiger partial charge is 0.444 e. The molecule has 1 radical (unpaired) electrons. The van der Waals surface area contributed by atoms with Gasteiger partial charge in [0.15, 0.2) is 0 Å². The molecule has 1 amide bonds. The van der Waals surface area contributed by atoms with Crippen molar-refractivity contribution in [3.63, 3.8) is 0 Å². The molecule has 2 rings (SSSR count). The molecule has 10 heteroatoms. The molecule has 1 aromatic rings. The topological polar surface area (TPSA) is 99.7 Å². The third-order valence-corrected chi connectivity index (χ3v) is 4.61. The molecule has 0 aromatic heterocycles. The number of ether oxygens (including phenoxy) is 1. The van der Waals surface area contributed by atoms with Crippen molar-refractivity contribution in [2.75, 3.05) is 31.1 Å². The van der Waals surface area contributed by atoms with E-state index < -0.39 is 16.6 Å². The van der Waals surface area contributed by atoms with Gasteiger partial charge >= 0.3 is 6.09 Å². The molecule has 1 atom stereocenters. The van der Waals surface area contributed by atoms with Crippen molar-refractivity contribution in [3.8, 4) is 6.07 Å². The first kappa shape index (κ1) is 24.3. The first-order valence-corrected chi connectivity index (χ1v) is 9.25. The summed E-state index contributed by atoms with van der Waals surface area (Å²) in [4.78, 5) is 26.5. The Balaban J connectivity index is 0.00000392. The van der Waals surface area contributed by atoms with Crippen LogP contribution in [0.25, 0.3) is 0 Å². The molecule has 1 heterocycles. The zero-order valence-electron chi connectivity index (χ0n) is 16.0. The van der Waals surface area contributed by atoms with Gasteiger partial charge in [-0.2, -0.15) is 5.26 Å². The molecule has 8 nitrogen and oxygen atoms in total. The number of carbonyl (C=O) groups is 1. The Hall–Kier alpha value is -1.76. The van der Waals surface area contributed by atoms with E-state index in [0.29, 0.717) is 36.3 Å². The summed E-state index contributed by atoms with van der Waals surface area (Å²) >= 11 is 3.36. The molecule has 1 fully saturated rings. The van der Waals surface area contributed by atoms with Gasteiger partial charge in [-0.15, -0.1) is 5.92 Å². The van der Waals surface area contributed by atoms with Crippen LogP contribution in [0.1, 0.15) is 26.3 Å². The van der Waals surface area contributed by atoms with Gasteiger partial charge in [0, 0.05) is 48.7 Å². The number of benzene rings is 1. The third kappa shape index (κ3) is 6.13. The van der Waals surface area contributed by atoms with Crippen LogP contribution in [0, 0.1) is 34.3 Å². The van der Waals surface area contributed by atoms with Crippen LogP contribution >= 0.6 is 15.9 Å². The van der Waals surface area contributed by atoms with Crippen molar-refractivity contribution in [1.82, 2.24) is 4.90 Å². The van der Waals surface area contributed by atoms with E-state index in [1.807, 2.05) is 31.7 Å². The van der Waals surface area contributed by atoms with E-state index in [2.05, 4.69) is 22.9 Å². The summed E-state index contributed by atoms with van der Waals surface area (Å²) < 4.78 is 5.96. The second-order valence-corrected chi connectivity index (χ2v) is 8.28. The SMILES string of the molecule is [CH2-]C1CN(C(=O)OC(C)(C)C)CCN(c2cc(C#N)c([N+](=O)[O-])cc2Br)C1.[V]. The minimum absolute atomic E-state index is 0. The first-order chi connectivity index (χ1) is 12.5. The number of nitrogens with zero attached hydrogens (tertiary/aromatic N) is 4. The van der Waals surface area contributed by atoms with Gasteiger partial charge in [-0.3, -0.25) is 10.1 Å². The maximum absolute atomic E-state index is 12.4. The monoisotopic (exact) mass is 488 g/mol. The molecular formula is C18H22BrN4O4V-. The van der Waals surface area contributed by atoms with Crippen LogP contribution in [0.3, 0.4) is 0 Å². The smallest absolute Gasteiger partial charge is 0.410 e. The number of nitro benzene ring substituents is 1. The van der Waals surface area contributed by atoms with Crippen molar-refractivity contribution < 1.29 is 33.0 Å². The summed E-state index contributed by atoms with van der Waals surface area (Å²) in [6.07, 6.45) is -0.390. The molecule has 1 saturated heterocycles. The summed E-state index contributed by atoms with van der Waals surface area (Å²) in [5, 5.41) is 20.4. The third-order valence-electron chi connectivity index (χ3n) is 3.97. The molecule has 28 heavy (non-hydrogen) atoms. The van der Waals surface area contributed by atoms with E-state index in [0.717, 1.165) is 0 Å². The molecular weight excluding hydrogens is 467 g/mol. The molecule has 151 valence electrons. The van der Waals surface area contributed by atoms with Crippen LogP contribution in [0.5, 0.6) is 0 Å². The zero-order valence-corrected chi connectivity index (χ0v) is 19.0. The Morgan fingerprint density at radius 1 is 1.39 bits per heavy atom. The Morgan fingerprint density at radius 3 is 2.57 bits per heavy atom. The number of nitro groups is 1. The quantitative estimate of drug-likeness (QED) is 0.357. The predicted octanol–water partition coefficient (Wildman–Crippen LogP) is 3.73. The van der Waals surface area contributed by atoms with Crippen LogP contribution in [-0.2, 0) is 23.3 Å². The molecule has 1 aliphatic heterocycles. The summed E-state index contributed by atoms with van der Waals surface area (Å²) in [5.74, 6) is -0.0901. The van der Waals surface area contributed by atoms with Crippen molar-refractivity contribution in [2.45, 2.75) is 26.4 Å². The van der Waals surface area contributed by atoms with E-state index >= 15 is 0 Å². The average Bonchev–Trinajstić information content (AvgIpc) is 2.74. The van der Waals surface area contributed by atoms with Crippen LogP contribution in [-0.4, -0.2) is 47.7 Å². The number of halogens is 1. The fourth-order valence-electron chi connectivity index (χ4n) is 2.85. The van der Waals surface area contributed by atoms with Gasteiger partial charge in [0.25, 0.3) is 5.69 Å². The van der Waals surface area contributed by atoms with Crippen molar-refractivity contribution >= 4 is 33.4 Å². The summed E-state index contributed by atoms with van der Waals surface area (Å²) in [7, 11) is 0. The maximum atomic E-state index is 12.4. The number of hydrogen-bond acceptors (Lipinski definition) is 6. The summed E-state index contributed by atoms with van der Waals surface area (Å²) in [6, 6.07) is 4.71. The molecule has 1 aromatic carbocycles. The van der Waals surface area contributed by atoms with Crippen LogP contribution in [0.4, 0.5) is 16.2 Å². The minimum atomic E-state index is -0.581.